The molecule has 0 aromatic rings. The highest BCUT2D eigenvalue weighted by molar-refractivity contribution is 7.22. The average molecular weight is 185 g/mol. The van der Waals surface area contributed by atoms with Gasteiger partial charge >= 0.3 is 13.4 Å². The minimum absolute atomic E-state index is 0.639. The molecule has 0 saturated heterocycles. The van der Waals surface area contributed by atoms with Crippen LogP contribution >= 0.6 is 20.1 Å². The van der Waals surface area contributed by atoms with Crippen LogP contribution in [0.2, 0.25) is 0 Å². The van der Waals surface area contributed by atoms with Gasteiger partial charge in [0.05, 0.1) is 0 Å². The van der Waals surface area contributed by atoms with Crippen molar-refractivity contribution in [1.29, 1.82) is 0 Å². The molecule has 0 fully saturated rings. The summed E-state index contributed by atoms with van der Waals surface area (Å²) >= 11 is -0.639. The standard InChI is InChI=1S/C6H14.Al.2ClH.H/c1-3-5-6-4-2;;;;/h3-6H2,1-2H3;;2*1H;/q;+2;;;/p-2. The van der Waals surface area contributed by atoms with Gasteiger partial charge in [-0.2, -0.15) is 0 Å². The molecule has 9 heavy (non-hydrogen) atoms. The van der Waals surface area contributed by atoms with Gasteiger partial charge in [-0.25, -0.2) is 20.1 Å². The molecule has 0 aliphatic carbocycles. The van der Waals surface area contributed by atoms with Gasteiger partial charge in [-0.3, -0.25) is 0 Å². The van der Waals surface area contributed by atoms with Crippen molar-refractivity contribution in [2.75, 3.05) is 0 Å². The highest BCUT2D eigenvalue weighted by Gasteiger charge is 1.75. The van der Waals surface area contributed by atoms with E-state index in [9.17, 15) is 0 Å². The van der Waals surface area contributed by atoms with Crippen molar-refractivity contribution in [2.24, 2.45) is 0 Å². The predicted molar refractivity (Wildman–Crippen MR) is 48.7 cm³/mol. The fourth-order valence-electron chi connectivity index (χ4n) is 0.500. The summed E-state index contributed by atoms with van der Waals surface area (Å²) in [5, 5.41) is 0. The summed E-state index contributed by atoms with van der Waals surface area (Å²) in [7, 11) is 9.81. The lowest BCUT2D eigenvalue weighted by molar-refractivity contribution is 0.702. The Balaban J connectivity index is 0. The molecule has 0 spiro atoms. The second kappa shape index (κ2) is 16.1. The van der Waals surface area contributed by atoms with Crippen molar-refractivity contribution in [3.8, 4) is 0 Å². The molecular formula is C6H15AlCl2. The third kappa shape index (κ3) is 27.3. The molecule has 3 heteroatoms. The second-order valence-corrected chi connectivity index (χ2v) is 4.43. The smallest absolute Gasteiger partial charge is 0.240 e. The van der Waals surface area contributed by atoms with Crippen LogP contribution in [0.3, 0.4) is 0 Å². The average Bonchev–Trinajstić information content (AvgIpc) is 1.86. The van der Waals surface area contributed by atoms with Crippen LogP contribution in [0.15, 0.2) is 0 Å². The SMILES string of the molecule is CCCCCC.[Cl][AlH][Cl]. The van der Waals surface area contributed by atoms with E-state index in [1.807, 2.05) is 0 Å². The van der Waals surface area contributed by atoms with E-state index >= 15 is 0 Å². The summed E-state index contributed by atoms with van der Waals surface area (Å²) < 4.78 is 0. The van der Waals surface area contributed by atoms with Gasteiger partial charge < -0.3 is 0 Å². The van der Waals surface area contributed by atoms with Crippen LogP contribution in [0, 0.1) is 0 Å². The first kappa shape index (κ1) is 12.8. The second-order valence-electron chi connectivity index (χ2n) is 1.81. The molecular weight excluding hydrogens is 170 g/mol. The van der Waals surface area contributed by atoms with Crippen LogP contribution in [-0.4, -0.2) is 13.4 Å². The zero-order chi connectivity index (χ0) is 7.54. The van der Waals surface area contributed by atoms with Gasteiger partial charge in [-0.15, -0.1) is 0 Å². The van der Waals surface area contributed by atoms with E-state index in [1.54, 1.807) is 0 Å². The molecule has 0 aromatic heterocycles. The summed E-state index contributed by atoms with van der Waals surface area (Å²) in [5.74, 6) is 0. The van der Waals surface area contributed by atoms with E-state index in [0.717, 1.165) is 0 Å². The quantitative estimate of drug-likeness (QED) is 0.467. The Morgan fingerprint density at radius 2 is 1.22 bits per heavy atom. The predicted octanol–water partition coefficient (Wildman–Crippen LogP) is 3.32. The maximum absolute atomic E-state index is 4.90. The molecule has 0 saturated carbocycles. The third-order valence-electron chi connectivity index (χ3n) is 0.957. The Morgan fingerprint density at radius 3 is 1.33 bits per heavy atom. The fraction of sp³-hybridized carbons (Fsp3) is 1.00. The van der Waals surface area contributed by atoms with Gasteiger partial charge in [0.2, 0.25) is 0 Å². The topological polar surface area (TPSA) is 0 Å². The van der Waals surface area contributed by atoms with Crippen molar-refractivity contribution in [1.82, 2.24) is 0 Å². The Bertz CT molecular complexity index is 30.2. The lowest BCUT2D eigenvalue weighted by Gasteiger charge is -1.86. The van der Waals surface area contributed by atoms with Gasteiger partial charge in [0.1, 0.15) is 0 Å². The number of unbranched alkanes of at least 4 members (excludes halogenated alkanes) is 3. The summed E-state index contributed by atoms with van der Waals surface area (Å²) in [6.45, 7) is 4.46. The first-order valence-electron chi connectivity index (χ1n) is 3.45. The Kier molecular flexibility index (Phi) is 22.8. The van der Waals surface area contributed by atoms with Crippen LogP contribution in [0.5, 0.6) is 0 Å². The summed E-state index contributed by atoms with van der Waals surface area (Å²) in [5.41, 5.74) is 0. The number of hydrogen-bond acceptors (Lipinski definition) is 0. The molecule has 0 N–H and O–H groups in total. The van der Waals surface area contributed by atoms with E-state index in [2.05, 4.69) is 13.8 Å². The minimum Gasteiger partial charge on any atom is -0.240 e. The third-order valence-corrected chi connectivity index (χ3v) is 0.957. The van der Waals surface area contributed by atoms with Crippen LogP contribution in [0.1, 0.15) is 39.5 Å². The molecule has 0 aliphatic heterocycles. The van der Waals surface area contributed by atoms with Gasteiger partial charge in [0.15, 0.2) is 0 Å². The zero-order valence-corrected chi connectivity index (χ0v) is 9.22. The van der Waals surface area contributed by atoms with E-state index in [-0.39, 0.29) is 0 Å². The van der Waals surface area contributed by atoms with Crippen molar-refractivity contribution < 1.29 is 0 Å². The molecule has 0 nitrogen and oxygen atoms in total. The number of halogens is 2. The lowest BCUT2D eigenvalue weighted by Crippen LogP contribution is -1.66. The van der Waals surface area contributed by atoms with Crippen LogP contribution in [-0.2, 0) is 0 Å². The first-order chi connectivity index (χ1) is 4.33. The molecule has 0 aromatic carbocycles. The molecule has 56 valence electrons. The molecule has 0 amide bonds. The van der Waals surface area contributed by atoms with E-state index in [0.29, 0.717) is 0 Å². The Morgan fingerprint density at radius 1 is 1.00 bits per heavy atom. The summed E-state index contributed by atoms with van der Waals surface area (Å²) in [4.78, 5) is 0. The summed E-state index contributed by atoms with van der Waals surface area (Å²) in [6.07, 6.45) is 5.54. The molecule has 0 atom stereocenters. The van der Waals surface area contributed by atoms with Gasteiger partial charge in [0.25, 0.3) is 0 Å². The molecule has 0 aliphatic rings. The van der Waals surface area contributed by atoms with Crippen molar-refractivity contribution >= 4 is 33.5 Å². The highest BCUT2D eigenvalue weighted by Crippen LogP contribution is 1.95. The van der Waals surface area contributed by atoms with E-state index in [1.165, 1.54) is 25.7 Å². The Hall–Kier alpha value is 1.11. The molecule has 0 rings (SSSR count). The molecule has 0 radical (unpaired) electrons. The number of hydrogen-bond donors (Lipinski definition) is 0. The monoisotopic (exact) mass is 184 g/mol. The number of rotatable bonds is 3. The normalized spacial score (nSPS) is 7.56. The minimum atomic E-state index is -0.639. The summed E-state index contributed by atoms with van der Waals surface area (Å²) in [6, 6.07) is 0. The van der Waals surface area contributed by atoms with E-state index in [4.69, 9.17) is 20.1 Å². The molecule has 0 unspecified atom stereocenters. The van der Waals surface area contributed by atoms with Gasteiger partial charge in [0, 0.05) is 0 Å². The van der Waals surface area contributed by atoms with Crippen molar-refractivity contribution in [3.05, 3.63) is 0 Å². The van der Waals surface area contributed by atoms with Crippen LogP contribution in [0.4, 0.5) is 0 Å². The van der Waals surface area contributed by atoms with Gasteiger partial charge in [-0.05, 0) is 0 Å². The van der Waals surface area contributed by atoms with Crippen molar-refractivity contribution in [3.63, 3.8) is 0 Å². The molecule has 0 heterocycles. The van der Waals surface area contributed by atoms with Crippen molar-refractivity contribution in [2.45, 2.75) is 39.5 Å². The molecule has 0 bridgehead atoms. The maximum atomic E-state index is 4.90. The van der Waals surface area contributed by atoms with Crippen LogP contribution in [0.25, 0.3) is 0 Å². The Labute approximate surface area is 73.0 Å². The fourth-order valence-corrected chi connectivity index (χ4v) is 0.500. The van der Waals surface area contributed by atoms with Gasteiger partial charge in [-0.1, -0.05) is 39.5 Å². The van der Waals surface area contributed by atoms with E-state index < -0.39 is 13.4 Å². The lowest BCUT2D eigenvalue weighted by atomic mass is 10.2. The first-order valence-corrected chi connectivity index (χ1v) is 7.72. The zero-order valence-electron chi connectivity index (χ0n) is 6.29. The van der Waals surface area contributed by atoms with Crippen LogP contribution < -0.4 is 0 Å². The highest BCUT2D eigenvalue weighted by atomic mass is 35.7. The largest absolute Gasteiger partial charge is 0.499 e. The maximum Gasteiger partial charge on any atom is 0.499 e.